The molecule has 3 nitrogen and oxygen atoms in total. The van der Waals surface area contributed by atoms with Crippen LogP contribution in [0.1, 0.15) is 19.4 Å². The Balaban J connectivity index is 0.000000595. The zero-order valence-corrected chi connectivity index (χ0v) is 25.1. The van der Waals surface area contributed by atoms with E-state index < -0.39 is 0 Å². The van der Waals surface area contributed by atoms with Crippen LogP contribution in [0.2, 0.25) is 0 Å². The average molecular weight is 569 g/mol. The van der Waals surface area contributed by atoms with Crippen molar-refractivity contribution >= 4 is 43.1 Å². The summed E-state index contributed by atoms with van der Waals surface area (Å²) in [7, 11) is 1.70. The zero-order chi connectivity index (χ0) is 31.1. The van der Waals surface area contributed by atoms with E-state index in [1.807, 2.05) is 38.1 Å². The molecule has 0 aliphatic rings. The molecule has 0 atom stereocenters. The van der Waals surface area contributed by atoms with Crippen molar-refractivity contribution in [1.82, 2.24) is 0 Å². The van der Waals surface area contributed by atoms with Gasteiger partial charge in [0.25, 0.3) is 0 Å². The van der Waals surface area contributed by atoms with Gasteiger partial charge in [0.15, 0.2) is 0 Å². The molecule has 0 N–H and O–H groups in total. The van der Waals surface area contributed by atoms with Gasteiger partial charge in [0, 0.05) is 6.08 Å². The van der Waals surface area contributed by atoms with Crippen LogP contribution in [-0.4, -0.2) is 7.11 Å². The third kappa shape index (κ3) is 5.60. The highest BCUT2D eigenvalue weighted by Crippen LogP contribution is 2.44. The largest absolute Gasteiger partial charge is 0.497 e. The summed E-state index contributed by atoms with van der Waals surface area (Å²) in [6.45, 7) is 7.12. The van der Waals surface area contributed by atoms with Crippen molar-refractivity contribution in [2.75, 3.05) is 7.11 Å². The lowest BCUT2D eigenvalue weighted by Gasteiger charge is -2.18. The predicted molar refractivity (Wildman–Crippen MR) is 186 cm³/mol. The molecule has 0 saturated heterocycles. The van der Waals surface area contributed by atoms with Crippen LogP contribution in [0.5, 0.6) is 5.75 Å². The van der Waals surface area contributed by atoms with Gasteiger partial charge in [0.1, 0.15) is 5.75 Å². The van der Waals surface area contributed by atoms with E-state index in [1.165, 1.54) is 55.3 Å². The summed E-state index contributed by atoms with van der Waals surface area (Å²) in [5.74, 6) is 0.865. The van der Waals surface area contributed by atoms with Gasteiger partial charge in [0.2, 0.25) is 0 Å². The molecule has 44 heavy (non-hydrogen) atoms. The molecule has 0 saturated carbocycles. The molecule has 0 amide bonds. The minimum absolute atomic E-state index is 0.680. The lowest BCUT2D eigenvalue weighted by molar-refractivity contribution is 0.415. The van der Waals surface area contributed by atoms with E-state index >= 15 is 0 Å². The van der Waals surface area contributed by atoms with Crippen LogP contribution < -0.4 is 4.74 Å². The zero-order valence-electron chi connectivity index (χ0n) is 25.1. The van der Waals surface area contributed by atoms with Gasteiger partial charge in [-0.3, -0.25) is 0 Å². The molecule has 0 unspecified atom stereocenters. The van der Waals surface area contributed by atoms with Gasteiger partial charge in [-0.05, 0) is 102 Å². The lowest BCUT2D eigenvalue weighted by Crippen LogP contribution is -1.91. The summed E-state index contributed by atoms with van der Waals surface area (Å²) in [4.78, 5) is 0. The van der Waals surface area contributed by atoms with Crippen molar-refractivity contribution in [3.63, 3.8) is 0 Å². The molecule has 0 fully saturated rings. The number of nitriles is 2. The third-order valence-electron chi connectivity index (χ3n) is 7.62. The Labute approximate surface area is 258 Å². The van der Waals surface area contributed by atoms with E-state index in [0.717, 1.165) is 21.9 Å². The minimum atomic E-state index is 0.680. The van der Waals surface area contributed by atoms with Gasteiger partial charge in [-0.1, -0.05) is 105 Å². The second-order valence-corrected chi connectivity index (χ2v) is 9.99. The molecule has 0 radical (unpaired) electrons. The number of ether oxygens (including phenoxy) is 1. The summed E-state index contributed by atoms with van der Waals surface area (Å²) in [5.41, 5.74) is 5.53. The maximum Gasteiger partial charge on any atom is 0.119 e. The number of hydrogen-bond donors (Lipinski definition) is 0. The first kappa shape index (κ1) is 29.6. The fourth-order valence-corrected chi connectivity index (χ4v) is 5.73. The highest BCUT2D eigenvalue weighted by Gasteiger charge is 2.17. The topological polar surface area (TPSA) is 56.8 Å². The van der Waals surface area contributed by atoms with Crippen molar-refractivity contribution in [2.45, 2.75) is 13.8 Å². The van der Waals surface area contributed by atoms with Gasteiger partial charge in [0.05, 0.1) is 24.8 Å². The molecule has 3 heteroatoms. The molecule has 212 valence electrons. The van der Waals surface area contributed by atoms with Crippen molar-refractivity contribution in [3.8, 4) is 40.1 Å². The number of methoxy groups -OCH3 is 1. The lowest BCUT2D eigenvalue weighted by atomic mass is 9.85. The van der Waals surface area contributed by atoms with Crippen LogP contribution >= 0.6 is 0 Å². The second-order valence-electron chi connectivity index (χ2n) is 9.99. The fraction of sp³-hybridized carbons (Fsp3) is 0.0732. The molecule has 0 spiro atoms. The highest BCUT2D eigenvalue weighted by atomic mass is 16.5. The van der Waals surface area contributed by atoms with E-state index in [2.05, 4.69) is 110 Å². The molecule has 7 aromatic rings. The van der Waals surface area contributed by atoms with Gasteiger partial charge in [-0.2, -0.15) is 10.5 Å². The quantitative estimate of drug-likeness (QED) is 0.157. The van der Waals surface area contributed by atoms with Crippen molar-refractivity contribution < 1.29 is 4.74 Å². The standard InChI is InChI=1S/C36H23NO.C3H3N.C2H6/c1-38-30-17-16-26-20-29(15-13-27(26)21-30)36-33-8-4-2-6-31(33)35(32-7-3-5-9-34(32)36)28-14-12-24-18-23(22-37)10-11-25(24)19-28;1-2-3-4;1-2/h2-21H,1H3;2H,1H2;1-2H3. The molecule has 0 bridgehead atoms. The maximum atomic E-state index is 9.31. The number of nitrogens with zero attached hydrogens (tertiary/aromatic N) is 2. The molecule has 0 heterocycles. The van der Waals surface area contributed by atoms with Crippen molar-refractivity contribution in [3.05, 3.63) is 140 Å². The predicted octanol–water partition coefficient (Wildman–Crippen LogP) is 11.2. The molecule has 0 aromatic heterocycles. The summed E-state index contributed by atoms with van der Waals surface area (Å²) in [6, 6.07) is 46.7. The summed E-state index contributed by atoms with van der Waals surface area (Å²) < 4.78 is 5.43. The minimum Gasteiger partial charge on any atom is -0.497 e. The van der Waals surface area contributed by atoms with Crippen LogP contribution in [0.15, 0.2) is 134 Å². The van der Waals surface area contributed by atoms with Crippen molar-refractivity contribution in [2.24, 2.45) is 0 Å². The van der Waals surface area contributed by atoms with E-state index in [-0.39, 0.29) is 0 Å². The smallest absolute Gasteiger partial charge is 0.119 e. The molecule has 0 aliphatic carbocycles. The van der Waals surface area contributed by atoms with E-state index in [4.69, 9.17) is 10.00 Å². The van der Waals surface area contributed by atoms with E-state index in [0.29, 0.717) is 5.56 Å². The Morgan fingerprint density at radius 2 is 0.977 bits per heavy atom. The van der Waals surface area contributed by atoms with Crippen LogP contribution in [0, 0.1) is 22.7 Å². The normalized spacial score (nSPS) is 10.2. The monoisotopic (exact) mass is 568 g/mol. The molecular weight excluding hydrogens is 536 g/mol. The number of hydrogen-bond acceptors (Lipinski definition) is 3. The fourth-order valence-electron chi connectivity index (χ4n) is 5.73. The van der Waals surface area contributed by atoms with Gasteiger partial charge in [-0.15, -0.1) is 0 Å². The highest BCUT2D eigenvalue weighted by molar-refractivity contribution is 6.22. The first-order valence-corrected chi connectivity index (χ1v) is 14.6. The third-order valence-corrected chi connectivity index (χ3v) is 7.62. The Morgan fingerprint density at radius 3 is 1.41 bits per heavy atom. The number of fused-ring (bicyclic) bond motifs is 4. The maximum absolute atomic E-state index is 9.31. The van der Waals surface area contributed by atoms with Crippen molar-refractivity contribution in [1.29, 1.82) is 10.5 Å². The Morgan fingerprint density at radius 1 is 0.568 bits per heavy atom. The number of benzene rings is 7. The van der Waals surface area contributed by atoms with Gasteiger partial charge >= 0.3 is 0 Å². The number of rotatable bonds is 3. The summed E-state index contributed by atoms with van der Waals surface area (Å²) in [6.07, 6.45) is 1.18. The first-order chi connectivity index (χ1) is 21.6. The van der Waals surface area contributed by atoms with Gasteiger partial charge in [-0.25, -0.2) is 0 Å². The summed E-state index contributed by atoms with van der Waals surface area (Å²) >= 11 is 0. The van der Waals surface area contributed by atoms with Crippen LogP contribution in [0.4, 0.5) is 0 Å². The molecule has 7 aromatic carbocycles. The molecule has 7 rings (SSSR count). The van der Waals surface area contributed by atoms with E-state index in [9.17, 15) is 5.26 Å². The van der Waals surface area contributed by atoms with Gasteiger partial charge < -0.3 is 4.74 Å². The first-order valence-electron chi connectivity index (χ1n) is 14.6. The van der Waals surface area contributed by atoms with Crippen LogP contribution in [0.3, 0.4) is 0 Å². The second kappa shape index (κ2) is 13.4. The summed E-state index contributed by atoms with van der Waals surface area (Å²) in [5, 5.41) is 26.3. The van der Waals surface area contributed by atoms with Crippen LogP contribution in [0.25, 0.3) is 65.3 Å². The number of allylic oxidation sites excluding steroid dienone is 1. The average Bonchev–Trinajstić information content (AvgIpc) is 3.10. The Hall–Kier alpha value is -5.90. The Bertz CT molecular complexity index is 2170. The Kier molecular flexibility index (Phi) is 9.00. The SMILES string of the molecule is C=CC#N.CC.COc1ccc2cc(-c3c4ccccc4c(-c4ccc5cc(C#N)ccc5c4)c4ccccc34)ccc2c1. The molecule has 0 aliphatic heterocycles. The van der Waals surface area contributed by atoms with Crippen LogP contribution in [-0.2, 0) is 0 Å². The molecular formula is C41H32N2O. The van der Waals surface area contributed by atoms with E-state index in [1.54, 1.807) is 13.2 Å².